The molecule has 1 fully saturated rings. The van der Waals surface area contributed by atoms with Gasteiger partial charge in [0.1, 0.15) is 17.3 Å². The van der Waals surface area contributed by atoms with E-state index >= 15 is 0 Å². The molecule has 0 saturated carbocycles. The van der Waals surface area contributed by atoms with Gasteiger partial charge in [-0.25, -0.2) is 9.67 Å². The molecule has 3 heterocycles. The van der Waals surface area contributed by atoms with Gasteiger partial charge >= 0.3 is 0 Å². The van der Waals surface area contributed by atoms with E-state index in [2.05, 4.69) is 15.2 Å². The lowest BCUT2D eigenvalue weighted by molar-refractivity contribution is 0.0664. The summed E-state index contributed by atoms with van der Waals surface area (Å²) in [6, 6.07) is 2.25. The first kappa shape index (κ1) is 15.7. The Morgan fingerprint density at radius 1 is 1.30 bits per heavy atom. The Balaban J connectivity index is 1.75. The van der Waals surface area contributed by atoms with Crippen LogP contribution in [-0.2, 0) is 0 Å². The van der Waals surface area contributed by atoms with Gasteiger partial charge in [0, 0.05) is 25.3 Å². The van der Waals surface area contributed by atoms with Crippen LogP contribution in [0.3, 0.4) is 0 Å². The molecule has 0 bridgehead atoms. The Hall–Kier alpha value is -2.18. The molecule has 3 rings (SSSR count). The zero-order chi connectivity index (χ0) is 16.6. The number of nitrogens with zero attached hydrogens (tertiary/aromatic N) is 6. The number of piperidine rings is 1. The lowest BCUT2D eigenvalue weighted by Gasteiger charge is -2.32. The third-order valence-electron chi connectivity index (χ3n) is 4.29. The minimum Gasteiger partial charge on any atom is -0.335 e. The van der Waals surface area contributed by atoms with Crippen molar-refractivity contribution in [2.75, 3.05) is 13.1 Å². The molecular formula is C16H24N6O. The second kappa shape index (κ2) is 6.14. The molecule has 0 aromatic carbocycles. The van der Waals surface area contributed by atoms with E-state index in [0.717, 1.165) is 31.0 Å². The van der Waals surface area contributed by atoms with Crippen LogP contribution in [0.4, 0.5) is 0 Å². The maximum atomic E-state index is 12.7. The van der Waals surface area contributed by atoms with Gasteiger partial charge in [-0.2, -0.15) is 10.2 Å². The number of hydrogen-bond acceptors (Lipinski definition) is 4. The van der Waals surface area contributed by atoms with Gasteiger partial charge in [-0.3, -0.25) is 9.48 Å². The van der Waals surface area contributed by atoms with E-state index in [-0.39, 0.29) is 18.0 Å². The average molecular weight is 316 g/mol. The van der Waals surface area contributed by atoms with Crippen LogP contribution >= 0.6 is 0 Å². The average Bonchev–Trinajstić information content (AvgIpc) is 3.13. The number of carbonyl (C=O) groups excluding carboxylic acids is 1. The Morgan fingerprint density at radius 2 is 2.09 bits per heavy atom. The highest BCUT2D eigenvalue weighted by Gasteiger charge is 2.28. The third kappa shape index (κ3) is 3.13. The summed E-state index contributed by atoms with van der Waals surface area (Å²) in [5.74, 6) is 1.69. The molecule has 1 aliphatic heterocycles. The highest BCUT2D eigenvalue weighted by Crippen LogP contribution is 2.23. The molecule has 1 saturated heterocycles. The second-order valence-corrected chi connectivity index (χ2v) is 6.47. The van der Waals surface area contributed by atoms with Crippen LogP contribution in [0.5, 0.6) is 0 Å². The topological polar surface area (TPSA) is 68.8 Å². The maximum Gasteiger partial charge on any atom is 0.274 e. The van der Waals surface area contributed by atoms with Crippen molar-refractivity contribution in [2.45, 2.75) is 52.6 Å². The summed E-state index contributed by atoms with van der Waals surface area (Å²) in [6.45, 7) is 9.40. The highest BCUT2D eigenvalue weighted by atomic mass is 16.2. The van der Waals surface area contributed by atoms with Crippen molar-refractivity contribution in [3.8, 4) is 0 Å². The summed E-state index contributed by atoms with van der Waals surface area (Å²) in [6.07, 6.45) is 3.86. The van der Waals surface area contributed by atoms with Gasteiger partial charge < -0.3 is 4.90 Å². The zero-order valence-corrected chi connectivity index (χ0v) is 14.2. The summed E-state index contributed by atoms with van der Waals surface area (Å²) in [5, 5.41) is 8.87. The van der Waals surface area contributed by atoms with Crippen molar-refractivity contribution in [3.63, 3.8) is 0 Å². The SMILES string of the molecule is Cc1nc(C)n([C@@H]2CCCN(C(=O)c3ccn(C(C)C)n3)C2)n1. The summed E-state index contributed by atoms with van der Waals surface area (Å²) < 4.78 is 3.78. The monoisotopic (exact) mass is 316 g/mol. The zero-order valence-electron chi connectivity index (χ0n) is 14.2. The fourth-order valence-electron chi connectivity index (χ4n) is 3.12. The first-order chi connectivity index (χ1) is 11.0. The molecule has 7 nitrogen and oxygen atoms in total. The number of aryl methyl sites for hydroxylation is 2. The molecule has 2 aromatic rings. The first-order valence-electron chi connectivity index (χ1n) is 8.20. The van der Waals surface area contributed by atoms with E-state index in [1.54, 1.807) is 6.07 Å². The van der Waals surface area contributed by atoms with Crippen molar-refractivity contribution in [1.82, 2.24) is 29.4 Å². The molecule has 0 unspecified atom stereocenters. The summed E-state index contributed by atoms with van der Waals surface area (Å²) in [7, 11) is 0. The van der Waals surface area contributed by atoms with Crippen molar-refractivity contribution in [3.05, 3.63) is 29.6 Å². The first-order valence-corrected chi connectivity index (χ1v) is 8.20. The molecule has 0 aliphatic carbocycles. The van der Waals surface area contributed by atoms with E-state index in [0.29, 0.717) is 12.2 Å². The van der Waals surface area contributed by atoms with E-state index in [1.165, 1.54) is 0 Å². The van der Waals surface area contributed by atoms with E-state index in [9.17, 15) is 4.79 Å². The number of amides is 1. The number of hydrogen-bond donors (Lipinski definition) is 0. The van der Waals surface area contributed by atoms with Gasteiger partial charge in [-0.05, 0) is 46.6 Å². The Labute approximate surface area is 136 Å². The highest BCUT2D eigenvalue weighted by molar-refractivity contribution is 5.92. The largest absolute Gasteiger partial charge is 0.335 e. The molecule has 0 radical (unpaired) electrons. The predicted octanol–water partition coefficient (Wildman–Crippen LogP) is 2.15. The number of aromatic nitrogens is 5. The van der Waals surface area contributed by atoms with Gasteiger partial charge in [-0.1, -0.05) is 0 Å². The van der Waals surface area contributed by atoms with Crippen molar-refractivity contribution >= 4 is 5.91 Å². The fraction of sp³-hybridized carbons (Fsp3) is 0.625. The standard InChI is InChI=1S/C16H24N6O/c1-11(2)21-9-7-15(19-21)16(23)20-8-5-6-14(10-20)22-13(4)17-12(3)18-22/h7,9,11,14H,5-6,8,10H2,1-4H3/t14-/m1/s1. The van der Waals surface area contributed by atoms with Crippen molar-refractivity contribution in [1.29, 1.82) is 0 Å². The lowest BCUT2D eigenvalue weighted by atomic mass is 10.1. The van der Waals surface area contributed by atoms with Gasteiger partial charge in [-0.15, -0.1) is 0 Å². The maximum absolute atomic E-state index is 12.7. The van der Waals surface area contributed by atoms with Crippen LogP contribution in [-0.4, -0.2) is 48.4 Å². The fourth-order valence-corrected chi connectivity index (χ4v) is 3.12. The lowest BCUT2D eigenvalue weighted by Crippen LogP contribution is -2.41. The summed E-state index contributed by atoms with van der Waals surface area (Å²) in [4.78, 5) is 19.0. The van der Waals surface area contributed by atoms with Crippen molar-refractivity contribution < 1.29 is 4.79 Å². The predicted molar refractivity (Wildman–Crippen MR) is 86.3 cm³/mol. The molecule has 1 amide bonds. The molecule has 7 heteroatoms. The van der Waals surface area contributed by atoms with Crippen LogP contribution in [0.2, 0.25) is 0 Å². The molecule has 124 valence electrons. The molecule has 23 heavy (non-hydrogen) atoms. The Bertz CT molecular complexity index is 701. The molecule has 2 aromatic heterocycles. The quantitative estimate of drug-likeness (QED) is 0.870. The second-order valence-electron chi connectivity index (χ2n) is 6.47. The number of likely N-dealkylation sites (tertiary alicyclic amines) is 1. The van der Waals surface area contributed by atoms with Crippen LogP contribution in [0.1, 0.15) is 60.9 Å². The van der Waals surface area contributed by atoms with Crippen LogP contribution in [0.25, 0.3) is 0 Å². The Morgan fingerprint density at radius 3 is 2.70 bits per heavy atom. The Kier molecular flexibility index (Phi) is 4.19. The molecule has 0 N–H and O–H groups in total. The van der Waals surface area contributed by atoms with Gasteiger partial charge in [0.2, 0.25) is 0 Å². The van der Waals surface area contributed by atoms with E-state index in [4.69, 9.17) is 0 Å². The van der Waals surface area contributed by atoms with Crippen molar-refractivity contribution in [2.24, 2.45) is 0 Å². The summed E-state index contributed by atoms with van der Waals surface area (Å²) >= 11 is 0. The number of carbonyl (C=O) groups is 1. The van der Waals surface area contributed by atoms with Crippen LogP contribution in [0, 0.1) is 13.8 Å². The van der Waals surface area contributed by atoms with E-state index < -0.39 is 0 Å². The van der Waals surface area contributed by atoms with E-state index in [1.807, 2.05) is 48.2 Å². The minimum atomic E-state index is 0.00332. The molecule has 1 aliphatic rings. The van der Waals surface area contributed by atoms with Crippen LogP contribution < -0.4 is 0 Å². The van der Waals surface area contributed by atoms with Gasteiger partial charge in [0.25, 0.3) is 5.91 Å². The smallest absolute Gasteiger partial charge is 0.274 e. The molecular weight excluding hydrogens is 292 g/mol. The molecule has 0 spiro atoms. The minimum absolute atomic E-state index is 0.00332. The third-order valence-corrected chi connectivity index (χ3v) is 4.29. The summed E-state index contributed by atoms with van der Waals surface area (Å²) in [5.41, 5.74) is 0.519. The van der Waals surface area contributed by atoms with Gasteiger partial charge in [0.15, 0.2) is 0 Å². The number of rotatable bonds is 3. The normalized spacial score (nSPS) is 18.7. The van der Waals surface area contributed by atoms with Gasteiger partial charge in [0.05, 0.1) is 6.04 Å². The van der Waals surface area contributed by atoms with Crippen LogP contribution in [0.15, 0.2) is 12.3 Å². The molecule has 1 atom stereocenters.